The predicted molar refractivity (Wildman–Crippen MR) is 84.0 cm³/mol. The standard InChI is InChI=1S/C16H15BrFNO2/c1-10-4-3-5-13(8-10)19-16(20)11(2)21-15-7-6-12(17)9-14(15)18/h3-9,11H,1-2H3,(H,19,20)/t11-/m1/s1. The van der Waals surface area contributed by atoms with Gasteiger partial charge in [0.15, 0.2) is 17.7 Å². The summed E-state index contributed by atoms with van der Waals surface area (Å²) in [6.07, 6.45) is -0.804. The summed E-state index contributed by atoms with van der Waals surface area (Å²) >= 11 is 3.17. The Labute approximate surface area is 131 Å². The minimum Gasteiger partial charge on any atom is -0.478 e. The summed E-state index contributed by atoms with van der Waals surface area (Å²) < 4.78 is 19.6. The Morgan fingerprint density at radius 2 is 2.05 bits per heavy atom. The molecule has 1 atom stereocenters. The van der Waals surface area contributed by atoms with Crippen LogP contribution in [0, 0.1) is 12.7 Å². The van der Waals surface area contributed by atoms with Crippen LogP contribution in [0.15, 0.2) is 46.9 Å². The molecule has 0 aliphatic rings. The summed E-state index contributed by atoms with van der Waals surface area (Å²) in [6.45, 7) is 3.51. The third-order valence-corrected chi connectivity index (χ3v) is 3.35. The minimum atomic E-state index is -0.804. The number of anilines is 1. The van der Waals surface area contributed by atoms with Gasteiger partial charge < -0.3 is 10.1 Å². The van der Waals surface area contributed by atoms with E-state index in [-0.39, 0.29) is 11.7 Å². The second-order valence-corrected chi connectivity index (χ2v) is 5.61. The number of hydrogen-bond donors (Lipinski definition) is 1. The highest BCUT2D eigenvalue weighted by Crippen LogP contribution is 2.22. The smallest absolute Gasteiger partial charge is 0.265 e. The molecular formula is C16H15BrFNO2. The molecule has 3 nitrogen and oxygen atoms in total. The number of hydrogen-bond acceptors (Lipinski definition) is 2. The van der Waals surface area contributed by atoms with Crippen LogP contribution in [0.25, 0.3) is 0 Å². The Balaban J connectivity index is 2.02. The van der Waals surface area contributed by atoms with E-state index in [1.807, 2.05) is 25.1 Å². The van der Waals surface area contributed by atoms with Crippen LogP contribution in [0.2, 0.25) is 0 Å². The van der Waals surface area contributed by atoms with Crippen LogP contribution in [0.3, 0.4) is 0 Å². The fraction of sp³-hybridized carbons (Fsp3) is 0.188. The fourth-order valence-electron chi connectivity index (χ4n) is 1.78. The number of halogens is 2. The first-order valence-corrected chi connectivity index (χ1v) is 7.24. The zero-order valence-electron chi connectivity index (χ0n) is 11.7. The number of ether oxygens (including phenoxy) is 1. The highest BCUT2D eigenvalue weighted by atomic mass is 79.9. The molecule has 0 aromatic heterocycles. The second-order valence-electron chi connectivity index (χ2n) is 4.69. The molecule has 1 amide bonds. The van der Waals surface area contributed by atoms with E-state index < -0.39 is 11.9 Å². The first kappa shape index (κ1) is 15.5. The van der Waals surface area contributed by atoms with Gasteiger partial charge in [0.05, 0.1) is 0 Å². The van der Waals surface area contributed by atoms with Crippen molar-refractivity contribution in [2.24, 2.45) is 0 Å². The lowest BCUT2D eigenvalue weighted by Gasteiger charge is -2.15. The molecule has 0 aliphatic carbocycles. The van der Waals surface area contributed by atoms with Gasteiger partial charge in [-0.1, -0.05) is 28.1 Å². The van der Waals surface area contributed by atoms with Gasteiger partial charge in [0, 0.05) is 10.2 Å². The third kappa shape index (κ3) is 4.29. The number of carbonyl (C=O) groups excluding carboxylic acids is 1. The second kappa shape index (κ2) is 6.72. The lowest BCUT2D eigenvalue weighted by Crippen LogP contribution is -2.30. The molecule has 0 heterocycles. The molecule has 0 fully saturated rings. The summed E-state index contributed by atoms with van der Waals surface area (Å²) in [4.78, 5) is 12.0. The van der Waals surface area contributed by atoms with E-state index in [1.54, 1.807) is 19.1 Å². The molecule has 0 radical (unpaired) electrons. The molecule has 0 aliphatic heterocycles. The summed E-state index contributed by atoms with van der Waals surface area (Å²) in [5.41, 5.74) is 1.73. The van der Waals surface area contributed by atoms with E-state index in [0.717, 1.165) is 5.56 Å². The lowest BCUT2D eigenvalue weighted by atomic mass is 10.2. The molecule has 2 aromatic carbocycles. The normalized spacial score (nSPS) is 11.8. The monoisotopic (exact) mass is 351 g/mol. The summed E-state index contributed by atoms with van der Waals surface area (Å²) in [6, 6.07) is 11.9. The molecule has 5 heteroatoms. The molecule has 110 valence electrons. The molecule has 0 bridgehead atoms. The van der Waals surface area contributed by atoms with Crippen LogP contribution in [0.1, 0.15) is 12.5 Å². The number of amides is 1. The Morgan fingerprint density at radius 1 is 1.29 bits per heavy atom. The van der Waals surface area contributed by atoms with Gasteiger partial charge in [0.1, 0.15) is 0 Å². The van der Waals surface area contributed by atoms with E-state index in [9.17, 15) is 9.18 Å². The Bertz CT molecular complexity index is 660. The SMILES string of the molecule is Cc1cccc(NC(=O)[C@@H](C)Oc2ccc(Br)cc2F)c1. The highest BCUT2D eigenvalue weighted by Gasteiger charge is 2.17. The molecular weight excluding hydrogens is 337 g/mol. The largest absolute Gasteiger partial charge is 0.478 e. The number of rotatable bonds is 4. The van der Waals surface area contributed by atoms with Gasteiger partial charge in [0.2, 0.25) is 0 Å². The number of nitrogens with one attached hydrogen (secondary N) is 1. The van der Waals surface area contributed by atoms with Gasteiger partial charge in [-0.05, 0) is 49.7 Å². The van der Waals surface area contributed by atoms with Crippen molar-refractivity contribution >= 4 is 27.5 Å². The molecule has 1 N–H and O–H groups in total. The maximum absolute atomic E-state index is 13.7. The van der Waals surface area contributed by atoms with Crippen molar-refractivity contribution in [3.8, 4) is 5.75 Å². The van der Waals surface area contributed by atoms with E-state index >= 15 is 0 Å². The van der Waals surface area contributed by atoms with Gasteiger partial charge in [-0.2, -0.15) is 0 Å². The first-order valence-electron chi connectivity index (χ1n) is 6.45. The number of carbonyl (C=O) groups is 1. The highest BCUT2D eigenvalue weighted by molar-refractivity contribution is 9.10. The van der Waals surface area contributed by atoms with Crippen LogP contribution in [0.4, 0.5) is 10.1 Å². The van der Waals surface area contributed by atoms with Gasteiger partial charge in [-0.25, -0.2) is 4.39 Å². The van der Waals surface area contributed by atoms with E-state index in [2.05, 4.69) is 21.2 Å². The minimum absolute atomic E-state index is 0.0464. The van der Waals surface area contributed by atoms with E-state index in [0.29, 0.717) is 10.2 Å². The van der Waals surface area contributed by atoms with Crippen molar-refractivity contribution in [1.29, 1.82) is 0 Å². The van der Waals surface area contributed by atoms with Crippen molar-refractivity contribution in [3.63, 3.8) is 0 Å². The van der Waals surface area contributed by atoms with Crippen molar-refractivity contribution < 1.29 is 13.9 Å². The summed E-state index contributed by atoms with van der Waals surface area (Å²) in [5.74, 6) is -0.799. The van der Waals surface area contributed by atoms with Gasteiger partial charge in [-0.15, -0.1) is 0 Å². The third-order valence-electron chi connectivity index (χ3n) is 2.85. The summed E-state index contributed by atoms with van der Waals surface area (Å²) in [5, 5.41) is 2.74. The van der Waals surface area contributed by atoms with Crippen molar-refractivity contribution in [3.05, 3.63) is 58.3 Å². The quantitative estimate of drug-likeness (QED) is 0.891. The maximum atomic E-state index is 13.7. The Morgan fingerprint density at radius 3 is 2.71 bits per heavy atom. The average Bonchev–Trinajstić information content (AvgIpc) is 2.41. The zero-order valence-corrected chi connectivity index (χ0v) is 13.3. The zero-order chi connectivity index (χ0) is 15.4. The van der Waals surface area contributed by atoms with Crippen LogP contribution in [-0.2, 0) is 4.79 Å². The van der Waals surface area contributed by atoms with Gasteiger partial charge in [-0.3, -0.25) is 4.79 Å². The Kier molecular flexibility index (Phi) is 4.96. The number of aryl methyl sites for hydroxylation is 1. The molecule has 0 spiro atoms. The molecule has 2 rings (SSSR count). The van der Waals surface area contributed by atoms with Crippen molar-refractivity contribution in [1.82, 2.24) is 0 Å². The van der Waals surface area contributed by atoms with E-state index in [4.69, 9.17) is 4.74 Å². The Hall–Kier alpha value is -1.88. The van der Waals surface area contributed by atoms with Gasteiger partial charge in [0.25, 0.3) is 5.91 Å². The molecule has 0 saturated carbocycles. The molecule has 21 heavy (non-hydrogen) atoms. The van der Waals surface area contributed by atoms with Crippen LogP contribution in [0.5, 0.6) is 5.75 Å². The maximum Gasteiger partial charge on any atom is 0.265 e. The van der Waals surface area contributed by atoms with Crippen LogP contribution >= 0.6 is 15.9 Å². The van der Waals surface area contributed by atoms with Crippen molar-refractivity contribution in [2.75, 3.05) is 5.32 Å². The first-order chi connectivity index (χ1) is 9.95. The van der Waals surface area contributed by atoms with Crippen molar-refractivity contribution in [2.45, 2.75) is 20.0 Å². The number of benzene rings is 2. The van der Waals surface area contributed by atoms with Gasteiger partial charge >= 0.3 is 0 Å². The predicted octanol–water partition coefficient (Wildman–Crippen LogP) is 4.30. The fourth-order valence-corrected chi connectivity index (χ4v) is 2.11. The topological polar surface area (TPSA) is 38.3 Å². The average molecular weight is 352 g/mol. The summed E-state index contributed by atoms with van der Waals surface area (Å²) in [7, 11) is 0. The van der Waals surface area contributed by atoms with E-state index in [1.165, 1.54) is 12.1 Å². The van der Waals surface area contributed by atoms with Crippen LogP contribution < -0.4 is 10.1 Å². The van der Waals surface area contributed by atoms with Crippen LogP contribution in [-0.4, -0.2) is 12.0 Å². The molecule has 0 unspecified atom stereocenters. The lowest BCUT2D eigenvalue weighted by molar-refractivity contribution is -0.122. The molecule has 0 saturated heterocycles. The molecule has 2 aromatic rings.